The maximum atomic E-state index is 11.7. The molecule has 1 rings (SSSR count). The summed E-state index contributed by atoms with van der Waals surface area (Å²) >= 11 is 0. The molecule has 0 aliphatic carbocycles. The first-order valence-electron chi connectivity index (χ1n) is 6.64. The van der Waals surface area contributed by atoms with Crippen molar-refractivity contribution in [3.05, 3.63) is 24.3 Å². The minimum Gasteiger partial charge on any atom is -0.375 e. The molecule has 0 aliphatic heterocycles. The smallest absolute Gasteiger partial charge is 0.321 e. The Labute approximate surface area is 128 Å². The summed E-state index contributed by atoms with van der Waals surface area (Å²) in [5.41, 5.74) is 1.30. The van der Waals surface area contributed by atoms with Crippen LogP contribution in [-0.4, -0.2) is 44.7 Å². The van der Waals surface area contributed by atoms with Gasteiger partial charge in [-0.3, -0.25) is 14.9 Å². The molecule has 0 saturated carbocycles. The van der Waals surface area contributed by atoms with Crippen molar-refractivity contribution in [1.82, 2.24) is 10.6 Å². The van der Waals surface area contributed by atoms with E-state index in [1.807, 2.05) is 0 Å². The number of rotatable bonds is 6. The van der Waals surface area contributed by atoms with Crippen LogP contribution in [0, 0.1) is 0 Å². The van der Waals surface area contributed by atoms with Gasteiger partial charge in [-0.2, -0.15) is 0 Å². The molecule has 4 N–H and O–H groups in total. The largest absolute Gasteiger partial charge is 0.375 e. The molecule has 0 spiro atoms. The second-order valence-electron chi connectivity index (χ2n) is 4.49. The minimum absolute atomic E-state index is 0.0172. The molecule has 0 unspecified atom stereocenters. The quantitative estimate of drug-likeness (QED) is 0.613. The van der Waals surface area contributed by atoms with Crippen LogP contribution >= 0.6 is 0 Å². The number of benzene rings is 1. The number of nitrogens with one attached hydrogen (secondary N) is 4. The van der Waals surface area contributed by atoms with Crippen molar-refractivity contribution in [2.45, 2.75) is 13.0 Å². The van der Waals surface area contributed by atoms with Crippen molar-refractivity contribution in [3.8, 4) is 0 Å². The van der Waals surface area contributed by atoms with Crippen LogP contribution in [-0.2, 0) is 14.3 Å². The third kappa shape index (κ3) is 5.80. The van der Waals surface area contributed by atoms with E-state index in [-0.39, 0.29) is 12.5 Å². The van der Waals surface area contributed by atoms with E-state index in [1.54, 1.807) is 31.2 Å². The third-order valence-electron chi connectivity index (χ3n) is 2.68. The Morgan fingerprint density at radius 1 is 1.14 bits per heavy atom. The number of imide groups is 1. The van der Waals surface area contributed by atoms with E-state index < -0.39 is 18.0 Å². The lowest BCUT2D eigenvalue weighted by Gasteiger charge is -2.15. The van der Waals surface area contributed by atoms with Gasteiger partial charge < -0.3 is 20.7 Å². The van der Waals surface area contributed by atoms with Gasteiger partial charge in [-0.15, -0.1) is 0 Å². The number of urea groups is 1. The Kier molecular flexibility index (Phi) is 6.84. The number of ether oxygens (including phenoxy) is 1. The zero-order chi connectivity index (χ0) is 16.5. The molecule has 0 radical (unpaired) electrons. The van der Waals surface area contributed by atoms with Crippen molar-refractivity contribution in [3.63, 3.8) is 0 Å². The SMILES string of the molecule is CNC(=O)NC(=O)[C@@H](C)Nc1ccc(NC(=O)COC)cc1. The standard InChI is InChI=1S/C14H20N4O4/c1-9(13(20)18-14(21)15-2)16-10-4-6-11(7-5-10)17-12(19)8-22-3/h4-7,9,16H,8H2,1-3H3,(H,17,19)(H2,15,18,20,21)/t9-/m1/s1. The first-order chi connectivity index (χ1) is 10.5. The minimum atomic E-state index is -0.591. The predicted molar refractivity (Wildman–Crippen MR) is 82.6 cm³/mol. The summed E-state index contributed by atoms with van der Waals surface area (Å²) < 4.78 is 4.72. The molecule has 1 atom stereocenters. The van der Waals surface area contributed by atoms with Gasteiger partial charge in [0.25, 0.3) is 0 Å². The predicted octanol–water partition coefficient (Wildman–Crippen LogP) is 0.527. The molecular formula is C14H20N4O4. The number of amides is 4. The highest BCUT2D eigenvalue weighted by molar-refractivity contribution is 5.98. The summed E-state index contributed by atoms with van der Waals surface area (Å²) in [4.78, 5) is 34.1. The molecule has 8 nitrogen and oxygen atoms in total. The molecule has 0 aromatic heterocycles. The monoisotopic (exact) mass is 308 g/mol. The van der Waals surface area contributed by atoms with Crippen LogP contribution in [0.5, 0.6) is 0 Å². The summed E-state index contributed by atoms with van der Waals surface area (Å²) in [5, 5.41) is 10.1. The lowest BCUT2D eigenvalue weighted by molar-refractivity contribution is -0.120. The van der Waals surface area contributed by atoms with Crippen molar-refractivity contribution in [2.75, 3.05) is 31.4 Å². The van der Waals surface area contributed by atoms with Crippen LogP contribution in [0.3, 0.4) is 0 Å². The molecule has 0 fully saturated rings. The molecule has 1 aromatic carbocycles. The van der Waals surface area contributed by atoms with Gasteiger partial charge in [0.05, 0.1) is 0 Å². The Morgan fingerprint density at radius 3 is 2.27 bits per heavy atom. The van der Waals surface area contributed by atoms with Crippen molar-refractivity contribution in [2.24, 2.45) is 0 Å². The van der Waals surface area contributed by atoms with Gasteiger partial charge in [0.15, 0.2) is 0 Å². The normalized spacial score (nSPS) is 11.2. The zero-order valence-electron chi connectivity index (χ0n) is 12.7. The van der Waals surface area contributed by atoms with Crippen LogP contribution < -0.4 is 21.3 Å². The van der Waals surface area contributed by atoms with Crippen LogP contribution in [0.2, 0.25) is 0 Å². The fourth-order valence-corrected chi connectivity index (χ4v) is 1.58. The van der Waals surface area contributed by atoms with Crippen LogP contribution in [0.1, 0.15) is 6.92 Å². The number of carbonyl (C=O) groups is 3. The fraction of sp³-hybridized carbons (Fsp3) is 0.357. The number of hydrogen-bond acceptors (Lipinski definition) is 5. The van der Waals surface area contributed by atoms with E-state index in [4.69, 9.17) is 4.74 Å². The van der Waals surface area contributed by atoms with Crippen molar-refractivity contribution >= 4 is 29.2 Å². The highest BCUT2D eigenvalue weighted by Gasteiger charge is 2.14. The molecule has 120 valence electrons. The number of hydrogen-bond donors (Lipinski definition) is 4. The van der Waals surface area contributed by atoms with Gasteiger partial charge in [-0.25, -0.2) is 4.79 Å². The maximum Gasteiger partial charge on any atom is 0.321 e. The third-order valence-corrected chi connectivity index (χ3v) is 2.68. The van der Waals surface area contributed by atoms with E-state index in [9.17, 15) is 14.4 Å². The Balaban J connectivity index is 2.54. The lowest BCUT2D eigenvalue weighted by atomic mass is 10.2. The molecule has 4 amide bonds. The number of anilines is 2. The molecule has 0 heterocycles. The molecule has 0 aliphatic rings. The average Bonchev–Trinajstić information content (AvgIpc) is 2.49. The van der Waals surface area contributed by atoms with Crippen molar-refractivity contribution < 1.29 is 19.1 Å². The summed E-state index contributed by atoms with van der Waals surface area (Å²) in [7, 11) is 2.87. The summed E-state index contributed by atoms with van der Waals surface area (Å²) in [6, 6.07) is 5.66. The first-order valence-corrected chi connectivity index (χ1v) is 6.64. The summed E-state index contributed by atoms with van der Waals surface area (Å²) in [6.07, 6.45) is 0. The van der Waals surface area contributed by atoms with Crippen LogP contribution in [0.4, 0.5) is 16.2 Å². The molecule has 8 heteroatoms. The molecule has 22 heavy (non-hydrogen) atoms. The molecule has 1 aromatic rings. The summed E-state index contributed by atoms with van der Waals surface area (Å²) in [5.74, 6) is -0.696. The second kappa shape index (κ2) is 8.63. The highest BCUT2D eigenvalue weighted by atomic mass is 16.5. The first kappa shape index (κ1) is 17.4. The topological polar surface area (TPSA) is 109 Å². The van der Waals surface area contributed by atoms with E-state index in [1.165, 1.54) is 14.2 Å². The maximum absolute atomic E-state index is 11.7. The fourth-order valence-electron chi connectivity index (χ4n) is 1.58. The highest BCUT2D eigenvalue weighted by Crippen LogP contribution is 2.14. The van der Waals surface area contributed by atoms with Gasteiger partial charge in [0, 0.05) is 25.5 Å². The van der Waals surface area contributed by atoms with Gasteiger partial charge >= 0.3 is 6.03 Å². The Hall–Kier alpha value is -2.61. The Morgan fingerprint density at radius 2 is 1.73 bits per heavy atom. The Bertz CT molecular complexity index is 530. The molecule has 0 saturated heterocycles. The average molecular weight is 308 g/mol. The lowest BCUT2D eigenvalue weighted by Crippen LogP contribution is -2.44. The number of carbonyl (C=O) groups excluding carboxylic acids is 3. The van der Waals surface area contributed by atoms with Gasteiger partial charge in [-0.05, 0) is 31.2 Å². The van der Waals surface area contributed by atoms with E-state index >= 15 is 0 Å². The zero-order valence-corrected chi connectivity index (χ0v) is 12.7. The van der Waals surface area contributed by atoms with Gasteiger partial charge in [-0.1, -0.05) is 0 Å². The van der Waals surface area contributed by atoms with Gasteiger partial charge in [0.1, 0.15) is 12.6 Å². The van der Waals surface area contributed by atoms with E-state index in [0.717, 1.165) is 0 Å². The number of methoxy groups -OCH3 is 1. The molecular weight excluding hydrogens is 288 g/mol. The van der Waals surface area contributed by atoms with Crippen LogP contribution in [0.15, 0.2) is 24.3 Å². The van der Waals surface area contributed by atoms with Crippen molar-refractivity contribution in [1.29, 1.82) is 0 Å². The molecule has 0 bridgehead atoms. The van der Waals surface area contributed by atoms with E-state index in [0.29, 0.717) is 11.4 Å². The van der Waals surface area contributed by atoms with Crippen LogP contribution in [0.25, 0.3) is 0 Å². The second-order valence-corrected chi connectivity index (χ2v) is 4.49. The van der Waals surface area contributed by atoms with E-state index in [2.05, 4.69) is 21.3 Å². The van der Waals surface area contributed by atoms with Gasteiger partial charge in [0.2, 0.25) is 11.8 Å². The summed E-state index contributed by atoms with van der Waals surface area (Å²) in [6.45, 7) is 1.61.